The van der Waals surface area contributed by atoms with Crippen molar-refractivity contribution in [2.45, 2.75) is 19.9 Å². The van der Waals surface area contributed by atoms with Gasteiger partial charge in [-0.1, -0.05) is 23.8 Å². The number of anilines is 2. The van der Waals surface area contributed by atoms with Gasteiger partial charge in [0.05, 0.1) is 7.11 Å². The van der Waals surface area contributed by atoms with E-state index in [0.717, 1.165) is 36.2 Å². The average Bonchev–Trinajstić information content (AvgIpc) is 2.62. The van der Waals surface area contributed by atoms with Crippen molar-refractivity contribution in [3.63, 3.8) is 0 Å². The van der Waals surface area contributed by atoms with Crippen LogP contribution in [0.5, 0.6) is 5.75 Å². The summed E-state index contributed by atoms with van der Waals surface area (Å²) in [6.45, 7) is 7.15. The third kappa shape index (κ3) is 4.23. The zero-order chi connectivity index (χ0) is 17.8. The van der Waals surface area contributed by atoms with Crippen LogP contribution in [0.2, 0.25) is 0 Å². The minimum absolute atomic E-state index is 0.404. The molecule has 1 fully saturated rings. The molecule has 5 heteroatoms. The van der Waals surface area contributed by atoms with Gasteiger partial charge in [-0.3, -0.25) is 0 Å². The minimum Gasteiger partial charge on any atom is -0.497 e. The monoisotopic (exact) mass is 355 g/mol. The summed E-state index contributed by atoms with van der Waals surface area (Å²) in [5, 5.41) is 4.10. The van der Waals surface area contributed by atoms with E-state index < -0.39 is 0 Å². The van der Waals surface area contributed by atoms with Gasteiger partial charge in [0, 0.05) is 43.1 Å². The molecule has 1 N–H and O–H groups in total. The molecule has 0 aliphatic carbocycles. The summed E-state index contributed by atoms with van der Waals surface area (Å²) >= 11 is 5.62. The highest BCUT2D eigenvalue weighted by molar-refractivity contribution is 7.80. The molecule has 25 heavy (non-hydrogen) atoms. The van der Waals surface area contributed by atoms with E-state index in [0.29, 0.717) is 6.04 Å². The largest absolute Gasteiger partial charge is 0.497 e. The van der Waals surface area contributed by atoms with Crippen molar-refractivity contribution < 1.29 is 4.74 Å². The SMILES string of the molecule is COc1cccc(NC(=S)N2CCN(c3ccc(C)cc3)C(C)C2)c1. The molecule has 3 rings (SSSR count). The molecule has 132 valence electrons. The lowest BCUT2D eigenvalue weighted by atomic mass is 10.1. The number of piperazine rings is 1. The Bertz CT molecular complexity index is 732. The number of hydrogen-bond acceptors (Lipinski definition) is 3. The molecular weight excluding hydrogens is 330 g/mol. The van der Waals surface area contributed by atoms with Crippen LogP contribution in [0.15, 0.2) is 48.5 Å². The summed E-state index contributed by atoms with van der Waals surface area (Å²) in [5.74, 6) is 0.824. The van der Waals surface area contributed by atoms with Crippen molar-refractivity contribution in [2.24, 2.45) is 0 Å². The van der Waals surface area contributed by atoms with Gasteiger partial charge in [0.25, 0.3) is 0 Å². The number of methoxy groups -OCH3 is 1. The molecule has 2 aromatic carbocycles. The van der Waals surface area contributed by atoms with Gasteiger partial charge < -0.3 is 19.9 Å². The molecule has 0 bridgehead atoms. The van der Waals surface area contributed by atoms with Crippen molar-refractivity contribution in [3.05, 3.63) is 54.1 Å². The Hall–Kier alpha value is -2.27. The molecule has 1 unspecified atom stereocenters. The number of nitrogens with zero attached hydrogens (tertiary/aromatic N) is 2. The lowest BCUT2D eigenvalue weighted by molar-refractivity contribution is 0.342. The van der Waals surface area contributed by atoms with Gasteiger partial charge in [0.15, 0.2) is 5.11 Å². The average molecular weight is 356 g/mol. The molecule has 0 aromatic heterocycles. The van der Waals surface area contributed by atoms with Gasteiger partial charge in [-0.05, 0) is 50.3 Å². The van der Waals surface area contributed by atoms with Crippen LogP contribution >= 0.6 is 12.2 Å². The summed E-state index contributed by atoms with van der Waals surface area (Å²) in [4.78, 5) is 4.69. The van der Waals surface area contributed by atoms with Crippen LogP contribution in [0, 0.1) is 6.92 Å². The minimum atomic E-state index is 0.404. The first-order valence-electron chi connectivity index (χ1n) is 8.60. The fourth-order valence-electron chi connectivity index (χ4n) is 3.17. The molecule has 0 saturated carbocycles. The highest BCUT2D eigenvalue weighted by Gasteiger charge is 2.25. The van der Waals surface area contributed by atoms with Gasteiger partial charge in [-0.15, -0.1) is 0 Å². The van der Waals surface area contributed by atoms with Gasteiger partial charge in [-0.25, -0.2) is 0 Å². The number of benzene rings is 2. The second kappa shape index (κ2) is 7.74. The fourth-order valence-corrected chi connectivity index (χ4v) is 3.45. The van der Waals surface area contributed by atoms with E-state index >= 15 is 0 Å². The van der Waals surface area contributed by atoms with E-state index in [-0.39, 0.29) is 0 Å². The Balaban J connectivity index is 1.61. The van der Waals surface area contributed by atoms with E-state index in [9.17, 15) is 0 Å². The van der Waals surface area contributed by atoms with E-state index in [1.165, 1.54) is 11.3 Å². The quantitative estimate of drug-likeness (QED) is 0.843. The van der Waals surface area contributed by atoms with Crippen LogP contribution in [0.4, 0.5) is 11.4 Å². The van der Waals surface area contributed by atoms with Crippen LogP contribution in [0.25, 0.3) is 0 Å². The smallest absolute Gasteiger partial charge is 0.173 e. The van der Waals surface area contributed by atoms with Gasteiger partial charge in [-0.2, -0.15) is 0 Å². The highest BCUT2D eigenvalue weighted by Crippen LogP contribution is 2.22. The zero-order valence-electron chi connectivity index (χ0n) is 15.0. The summed E-state index contributed by atoms with van der Waals surface area (Å²) < 4.78 is 5.27. The Labute approximate surface area is 155 Å². The lowest BCUT2D eigenvalue weighted by Gasteiger charge is -2.42. The third-order valence-electron chi connectivity index (χ3n) is 4.60. The fraction of sp³-hybridized carbons (Fsp3) is 0.350. The molecule has 1 heterocycles. The predicted octanol–water partition coefficient (Wildman–Crippen LogP) is 3.91. The first-order valence-corrected chi connectivity index (χ1v) is 9.01. The number of hydrogen-bond donors (Lipinski definition) is 1. The molecule has 1 saturated heterocycles. The van der Waals surface area contributed by atoms with Crippen molar-refractivity contribution in [3.8, 4) is 5.75 Å². The second-order valence-corrected chi connectivity index (χ2v) is 6.87. The predicted molar refractivity (Wildman–Crippen MR) is 109 cm³/mol. The normalized spacial score (nSPS) is 17.3. The second-order valence-electron chi connectivity index (χ2n) is 6.49. The number of thiocarbonyl (C=S) groups is 1. The lowest BCUT2D eigenvalue weighted by Crippen LogP contribution is -2.54. The molecule has 1 aliphatic heterocycles. The van der Waals surface area contributed by atoms with Crippen molar-refractivity contribution >= 4 is 28.7 Å². The van der Waals surface area contributed by atoms with Gasteiger partial charge in [0.2, 0.25) is 0 Å². The molecule has 1 aliphatic rings. The Kier molecular flexibility index (Phi) is 5.43. The topological polar surface area (TPSA) is 27.7 Å². The summed E-state index contributed by atoms with van der Waals surface area (Å²) in [7, 11) is 1.67. The van der Waals surface area contributed by atoms with Crippen LogP contribution < -0.4 is 15.0 Å². The zero-order valence-corrected chi connectivity index (χ0v) is 15.8. The number of ether oxygens (including phenoxy) is 1. The number of rotatable bonds is 3. The molecule has 0 radical (unpaired) electrons. The maximum atomic E-state index is 5.62. The third-order valence-corrected chi connectivity index (χ3v) is 4.96. The summed E-state index contributed by atoms with van der Waals surface area (Å²) in [5.41, 5.74) is 3.53. The molecule has 0 amide bonds. The van der Waals surface area contributed by atoms with Crippen molar-refractivity contribution in [1.29, 1.82) is 0 Å². The first kappa shape index (κ1) is 17.5. The molecule has 2 aromatic rings. The summed E-state index contributed by atoms with van der Waals surface area (Å²) in [6.07, 6.45) is 0. The van der Waals surface area contributed by atoms with E-state index in [2.05, 4.69) is 53.2 Å². The molecule has 0 spiro atoms. The van der Waals surface area contributed by atoms with Crippen LogP contribution in [0.3, 0.4) is 0 Å². The summed E-state index contributed by atoms with van der Waals surface area (Å²) in [6, 6.07) is 17.0. The van der Waals surface area contributed by atoms with Crippen LogP contribution in [0.1, 0.15) is 12.5 Å². The Morgan fingerprint density at radius 2 is 1.92 bits per heavy atom. The Morgan fingerprint density at radius 1 is 1.16 bits per heavy atom. The van der Waals surface area contributed by atoms with E-state index in [1.807, 2.05) is 24.3 Å². The van der Waals surface area contributed by atoms with Gasteiger partial charge in [0.1, 0.15) is 5.75 Å². The maximum absolute atomic E-state index is 5.62. The van der Waals surface area contributed by atoms with Crippen molar-refractivity contribution in [2.75, 3.05) is 37.0 Å². The number of aryl methyl sites for hydroxylation is 1. The maximum Gasteiger partial charge on any atom is 0.173 e. The molecule has 1 atom stereocenters. The molecular formula is C20H25N3OS. The standard InChI is InChI=1S/C20H25N3OS/c1-15-7-9-18(10-8-15)23-12-11-22(14-16(23)2)20(25)21-17-5-4-6-19(13-17)24-3/h4-10,13,16H,11-12,14H2,1-3H3,(H,21,25). The number of nitrogens with one attached hydrogen (secondary N) is 1. The van der Waals surface area contributed by atoms with E-state index in [1.54, 1.807) is 7.11 Å². The van der Waals surface area contributed by atoms with Crippen LogP contribution in [-0.4, -0.2) is 42.8 Å². The Morgan fingerprint density at radius 3 is 2.60 bits per heavy atom. The van der Waals surface area contributed by atoms with Crippen molar-refractivity contribution in [1.82, 2.24) is 4.90 Å². The van der Waals surface area contributed by atoms with Gasteiger partial charge >= 0.3 is 0 Å². The molecule has 4 nitrogen and oxygen atoms in total. The first-order chi connectivity index (χ1) is 12.1. The highest BCUT2D eigenvalue weighted by atomic mass is 32.1. The van der Waals surface area contributed by atoms with E-state index in [4.69, 9.17) is 17.0 Å². The van der Waals surface area contributed by atoms with Crippen LogP contribution in [-0.2, 0) is 0 Å².